The number of hydrogen-bond donors (Lipinski definition) is 2. The van der Waals surface area contributed by atoms with Crippen LogP contribution in [0.4, 0.5) is 0 Å². The molecule has 0 radical (unpaired) electrons. The van der Waals surface area contributed by atoms with Crippen LogP contribution in [-0.2, 0) is 14.9 Å². The smallest absolute Gasteiger partial charge is 0.317 e. The molecule has 2 aliphatic rings. The predicted octanol–water partition coefficient (Wildman–Crippen LogP) is 0.0293. The molecule has 3 rings (SSSR count). The number of nitriles is 2. The number of amidine groups is 1. The Labute approximate surface area is 139 Å². The summed E-state index contributed by atoms with van der Waals surface area (Å²) >= 11 is 5.96. The molecular formula is C16H16ClN4O2+. The minimum atomic E-state index is -1.50. The van der Waals surface area contributed by atoms with Gasteiger partial charge >= 0.3 is 5.91 Å². The summed E-state index contributed by atoms with van der Waals surface area (Å²) in [6.45, 7) is 1.82. The van der Waals surface area contributed by atoms with Gasteiger partial charge in [0.2, 0.25) is 0 Å². The Balaban J connectivity index is 2.33. The summed E-state index contributed by atoms with van der Waals surface area (Å²) < 4.78 is 11.0. The molecule has 1 saturated carbocycles. The zero-order chi connectivity index (χ0) is 17.1. The molecule has 0 spiro atoms. The summed E-state index contributed by atoms with van der Waals surface area (Å²) in [6.07, 6.45) is 0. The number of rotatable bonds is 3. The molecule has 0 unspecified atom stereocenters. The van der Waals surface area contributed by atoms with Crippen molar-refractivity contribution in [2.75, 3.05) is 14.2 Å². The lowest BCUT2D eigenvalue weighted by Crippen LogP contribution is -2.91. The third-order valence-corrected chi connectivity index (χ3v) is 5.78. The molecule has 3 atom stereocenters. The number of hydrogen-bond acceptors (Lipinski definition) is 5. The van der Waals surface area contributed by atoms with Crippen molar-refractivity contribution in [1.82, 2.24) is 0 Å². The first-order valence-electron chi connectivity index (χ1n) is 6.97. The molecule has 6 nitrogen and oxygen atoms in total. The predicted molar refractivity (Wildman–Crippen MR) is 81.8 cm³/mol. The van der Waals surface area contributed by atoms with Crippen molar-refractivity contribution in [3.05, 3.63) is 34.9 Å². The summed E-state index contributed by atoms with van der Waals surface area (Å²) in [5.74, 6) is -1.33. The molecule has 0 aromatic heterocycles. The molecule has 1 aliphatic carbocycles. The van der Waals surface area contributed by atoms with E-state index >= 15 is 0 Å². The standard InChI is InChI=1S/C16H15ClN4O2/c1-13(10-4-6-11(17)7-5-10)14(8-18)12(20)21-16(22-2,23-3)15(13,14)9-19/h4-7H,1-3H3,(H2,20,21)/p+1/t13-,14+,15-/m1/s1. The number of nitrogens with one attached hydrogen (secondary N) is 1. The van der Waals surface area contributed by atoms with Crippen molar-refractivity contribution in [2.24, 2.45) is 16.6 Å². The summed E-state index contributed by atoms with van der Waals surface area (Å²) in [5.41, 5.74) is 3.41. The fourth-order valence-corrected chi connectivity index (χ4v) is 4.49. The largest absolute Gasteiger partial charge is 0.343 e. The first kappa shape index (κ1) is 15.8. The fourth-order valence-electron chi connectivity index (χ4n) is 4.36. The van der Waals surface area contributed by atoms with Gasteiger partial charge in [-0.15, -0.1) is 0 Å². The average Bonchev–Trinajstić information content (AvgIpc) is 2.97. The van der Waals surface area contributed by atoms with Gasteiger partial charge in [-0.2, -0.15) is 10.5 Å². The molecule has 1 fully saturated rings. The minimum absolute atomic E-state index is 0.169. The van der Waals surface area contributed by atoms with Gasteiger partial charge < -0.3 is 9.47 Å². The van der Waals surface area contributed by atoms with Crippen molar-refractivity contribution < 1.29 is 14.5 Å². The number of nitrogens with two attached hydrogens (primary N) is 1. The Hall–Kier alpha value is -2.12. The molecule has 7 heteroatoms. The zero-order valence-electron chi connectivity index (χ0n) is 13.0. The van der Waals surface area contributed by atoms with Gasteiger partial charge in [0.1, 0.15) is 0 Å². The van der Waals surface area contributed by atoms with E-state index in [0.717, 1.165) is 5.56 Å². The molecule has 0 bridgehead atoms. The Morgan fingerprint density at radius 3 is 2.13 bits per heavy atom. The molecule has 1 heterocycles. The third kappa shape index (κ3) is 1.27. The van der Waals surface area contributed by atoms with Crippen LogP contribution in [0, 0.1) is 33.5 Å². The minimum Gasteiger partial charge on any atom is -0.317 e. The number of halogens is 1. The van der Waals surface area contributed by atoms with E-state index in [-0.39, 0.29) is 5.84 Å². The summed E-state index contributed by atoms with van der Waals surface area (Å²) in [7, 11) is 2.83. The maximum absolute atomic E-state index is 10.0. The highest BCUT2D eigenvalue weighted by atomic mass is 35.5. The fraction of sp³-hybridized carbons (Fsp3) is 0.438. The van der Waals surface area contributed by atoms with Crippen molar-refractivity contribution >= 4 is 17.4 Å². The second-order valence-corrected chi connectivity index (χ2v) is 6.36. The van der Waals surface area contributed by atoms with Gasteiger partial charge in [-0.1, -0.05) is 30.7 Å². The summed E-state index contributed by atoms with van der Waals surface area (Å²) in [4.78, 5) is 2.86. The molecule has 23 heavy (non-hydrogen) atoms. The van der Waals surface area contributed by atoms with Crippen LogP contribution in [0.2, 0.25) is 5.02 Å². The van der Waals surface area contributed by atoms with E-state index in [1.54, 1.807) is 24.3 Å². The second kappa shape index (κ2) is 4.46. The van der Waals surface area contributed by atoms with E-state index in [2.05, 4.69) is 17.1 Å². The van der Waals surface area contributed by atoms with Crippen LogP contribution >= 0.6 is 11.6 Å². The number of benzene rings is 1. The number of nitrogens with zero attached hydrogens (tertiary/aromatic N) is 2. The number of methoxy groups -OCH3 is 2. The first-order chi connectivity index (χ1) is 10.9. The highest BCUT2D eigenvalue weighted by molar-refractivity contribution is 6.30. The van der Waals surface area contributed by atoms with Crippen LogP contribution < -0.4 is 10.7 Å². The van der Waals surface area contributed by atoms with Gasteiger partial charge in [-0.25, -0.2) is 4.99 Å². The van der Waals surface area contributed by atoms with E-state index in [0.29, 0.717) is 5.02 Å². The van der Waals surface area contributed by atoms with Crippen molar-refractivity contribution in [1.29, 1.82) is 10.5 Å². The van der Waals surface area contributed by atoms with E-state index in [1.165, 1.54) is 14.2 Å². The van der Waals surface area contributed by atoms with Gasteiger partial charge in [0.05, 0.1) is 17.6 Å². The van der Waals surface area contributed by atoms with E-state index in [4.69, 9.17) is 26.8 Å². The highest BCUT2D eigenvalue weighted by Crippen LogP contribution is 2.82. The van der Waals surface area contributed by atoms with E-state index in [1.807, 2.05) is 6.92 Å². The number of ether oxygens (including phenoxy) is 2. The maximum atomic E-state index is 10.0. The van der Waals surface area contributed by atoms with Crippen LogP contribution in [0.25, 0.3) is 0 Å². The van der Waals surface area contributed by atoms with E-state index in [9.17, 15) is 10.5 Å². The second-order valence-electron chi connectivity index (χ2n) is 5.92. The number of fused-ring (bicyclic) bond motifs is 1. The SMILES string of the molecule is COC1(OC)[NH+]=C(N)[C@@]2(C#N)[C@@](C)(c3ccc(Cl)cc3)[C@@]12C#N. The van der Waals surface area contributed by atoms with Gasteiger partial charge in [0.15, 0.2) is 10.8 Å². The van der Waals surface area contributed by atoms with Crippen LogP contribution in [0.15, 0.2) is 24.3 Å². The summed E-state index contributed by atoms with van der Waals surface area (Å²) in [5, 5.41) is 20.5. The molecular weight excluding hydrogens is 316 g/mol. The summed E-state index contributed by atoms with van der Waals surface area (Å²) in [6, 6.07) is 11.5. The van der Waals surface area contributed by atoms with Gasteiger partial charge in [0, 0.05) is 19.2 Å². The lowest BCUT2D eigenvalue weighted by molar-refractivity contribution is -0.688. The Morgan fingerprint density at radius 2 is 1.70 bits per heavy atom. The lowest BCUT2D eigenvalue weighted by atomic mass is 9.84. The Bertz CT molecular complexity index is 790. The topological polar surface area (TPSA) is 106 Å². The van der Waals surface area contributed by atoms with Gasteiger partial charge in [-0.3, -0.25) is 5.73 Å². The normalized spacial score (nSPS) is 36.5. The van der Waals surface area contributed by atoms with E-state index < -0.39 is 22.2 Å². The molecule has 1 aliphatic heterocycles. The molecule has 0 saturated heterocycles. The lowest BCUT2D eigenvalue weighted by Gasteiger charge is -2.30. The van der Waals surface area contributed by atoms with Crippen LogP contribution in [-0.4, -0.2) is 26.0 Å². The van der Waals surface area contributed by atoms with Crippen molar-refractivity contribution in [3.8, 4) is 12.1 Å². The molecule has 118 valence electrons. The molecule has 1 aromatic rings. The quantitative estimate of drug-likeness (QED) is 0.760. The molecule has 0 amide bonds. The monoisotopic (exact) mass is 331 g/mol. The van der Waals surface area contributed by atoms with Crippen LogP contribution in [0.3, 0.4) is 0 Å². The molecule has 3 N–H and O–H groups in total. The van der Waals surface area contributed by atoms with Crippen molar-refractivity contribution in [2.45, 2.75) is 18.2 Å². The zero-order valence-corrected chi connectivity index (χ0v) is 13.7. The average molecular weight is 332 g/mol. The van der Waals surface area contributed by atoms with Gasteiger partial charge in [-0.05, 0) is 17.7 Å². The molecule has 1 aromatic carbocycles. The van der Waals surface area contributed by atoms with Crippen LogP contribution in [0.5, 0.6) is 0 Å². The van der Waals surface area contributed by atoms with Gasteiger partial charge in [0.25, 0.3) is 5.84 Å². The third-order valence-electron chi connectivity index (χ3n) is 5.53. The first-order valence-corrected chi connectivity index (χ1v) is 7.35. The Morgan fingerprint density at radius 1 is 1.13 bits per heavy atom. The van der Waals surface area contributed by atoms with Crippen molar-refractivity contribution in [3.63, 3.8) is 0 Å². The maximum Gasteiger partial charge on any atom is 0.343 e. The van der Waals surface area contributed by atoms with Crippen LogP contribution in [0.1, 0.15) is 12.5 Å². The highest BCUT2D eigenvalue weighted by Gasteiger charge is 3.02. The Kier molecular flexibility index (Phi) is 3.05.